The lowest BCUT2D eigenvalue weighted by molar-refractivity contribution is 0.617. The molecule has 2 nitrogen and oxygen atoms in total. The van der Waals surface area contributed by atoms with Crippen molar-refractivity contribution in [2.75, 3.05) is 0 Å². The number of fused-ring (bicyclic) bond motifs is 1. The molecule has 0 aliphatic carbocycles. The highest BCUT2D eigenvalue weighted by atomic mass is 14.6. The molecule has 1 heterocycles. The first-order valence-corrected chi connectivity index (χ1v) is 5.28. The molecule has 2 N–H and O–H groups in total. The third-order valence-corrected chi connectivity index (χ3v) is 2.99. The standard InChI is InChI=1S/C13H16N2/c1-9(10(2)14)12-5-3-4-11-8-15-7-6-13(11)12/h3-10H,14H2,1-2H3. The molecular formula is C13H16N2. The second-order valence-electron chi connectivity index (χ2n) is 4.09. The van der Waals surface area contributed by atoms with Gasteiger partial charge < -0.3 is 5.73 Å². The van der Waals surface area contributed by atoms with Crippen molar-refractivity contribution in [2.45, 2.75) is 25.8 Å². The average molecular weight is 200 g/mol. The molecule has 2 rings (SSSR count). The fraction of sp³-hybridized carbons (Fsp3) is 0.308. The minimum atomic E-state index is 0.170. The maximum absolute atomic E-state index is 5.94. The summed E-state index contributed by atoms with van der Waals surface area (Å²) in [6, 6.07) is 8.53. The van der Waals surface area contributed by atoms with Gasteiger partial charge in [0.05, 0.1) is 0 Å². The molecule has 0 bridgehead atoms. The van der Waals surface area contributed by atoms with Gasteiger partial charge in [-0.15, -0.1) is 0 Å². The number of aromatic nitrogens is 1. The van der Waals surface area contributed by atoms with Gasteiger partial charge in [0, 0.05) is 23.8 Å². The van der Waals surface area contributed by atoms with E-state index in [-0.39, 0.29) is 6.04 Å². The van der Waals surface area contributed by atoms with E-state index < -0.39 is 0 Å². The van der Waals surface area contributed by atoms with Gasteiger partial charge in [0.1, 0.15) is 0 Å². The van der Waals surface area contributed by atoms with Crippen LogP contribution < -0.4 is 5.73 Å². The minimum absolute atomic E-state index is 0.170. The first-order valence-electron chi connectivity index (χ1n) is 5.28. The molecule has 2 heteroatoms. The molecule has 2 unspecified atom stereocenters. The summed E-state index contributed by atoms with van der Waals surface area (Å²) in [4.78, 5) is 4.13. The first kappa shape index (κ1) is 10.1. The molecule has 0 amide bonds. The predicted octanol–water partition coefficient (Wildman–Crippen LogP) is 2.69. The molecule has 0 aliphatic heterocycles. The summed E-state index contributed by atoms with van der Waals surface area (Å²) in [5.41, 5.74) is 7.25. The fourth-order valence-electron chi connectivity index (χ4n) is 1.83. The Kier molecular flexibility index (Phi) is 2.69. The van der Waals surface area contributed by atoms with Crippen LogP contribution in [0.3, 0.4) is 0 Å². The molecule has 1 aromatic carbocycles. The Morgan fingerprint density at radius 2 is 2.00 bits per heavy atom. The number of nitrogens with two attached hydrogens (primary N) is 1. The predicted molar refractivity (Wildman–Crippen MR) is 63.8 cm³/mol. The van der Waals surface area contributed by atoms with Crippen LogP contribution in [0.15, 0.2) is 36.7 Å². The second-order valence-corrected chi connectivity index (χ2v) is 4.09. The van der Waals surface area contributed by atoms with Crippen LogP contribution in [0.25, 0.3) is 10.8 Å². The lowest BCUT2D eigenvalue weighted by Gasteiger charge is -2.17. The van der Waals surface area contributed by atoms with Crippen molar-refractivity contribution in [3.63, 3.8) is 0 Å². The molecule has 0 radical (unpaired) electrons. The van der Waals surface area contributed by atoms with Crippen LogP contribution in [-0.4, -0.2) is 11.0 Å². The van der Waals surface area contributed by atoms with Crippen LogP contribution in [-0.2, 0) is 0 Å². The topological polar surface area (TPSA) is 38.9 Å². The number of nitrogens with zero attached hydrogens (tertiary/aromatic N) is 1. The Bertz CT molecular complexity index is 458. The Balaban J connectivity index is 2.60. The van der Waals surface area contributed by atoms with E-state index in [2.05, 4.69) is 36.2 Å². The molecule has 0 saturated heterocycles. The van der Waals surface area contributed by atoms with Crippen molar-refractivity contribution < 1.29 is 0 Å². The van der Waals surface area contributed by atoms with E-state index in [9.17, 15) is 0 Å². The number of hydrogen-bond acceptors (Lipinski definition) is 2. The summed E-state index contributed by atoms with van der Waals surface area (Å²) in [5.74, 6) is 0.371. The Labute approximate surface area is 90.1 Å². The SMILES string of the molecule is CC(N)C(C)c1cccc2cnccc12. The molecular weight excluding hydrogens is 184 g/mol. The third-order valence-electron chi connectivity index (χ3n) is 2.99. The van der Waals surface area contributed by atoms with Gasteiger partial charge in [-0.3, -0.25) is 4.98 Å². The lowest BCUT2D eigenvalue weighted by atomic mass is 9.91. The van der Waals surface area contributed by atoms with E-state index in [1.165, 1.54) is 16.3 Å². The zero-order valence-electron chi connectivity index (χ0n) is 9.14. The van der Waals surface area contributed by atoms with Crippen LogP contribution in [0.5, 0.6) is 0 Å². The van der Waals surface area contributed by atoms with Crippen molar-refractivity contribution in [1.82, 2.24) is 4.98 Å². The van der Waals surface area contributed by atoms with Crippen molar-refractivity contribution in [3.05, 3.63) is 42.2 Å². The van der Waals surface area contributed by atoms with Crippen LogP contribution in [0.2, 0.25) is 0 Å². The monoisotopic (exact) mass is 200 g/mol. The van der Waals surface area contributed by atoms with Gasteiger partial charge in [0.15, 0.2) is 0 Å². The van der Waals surface area contributed by atoms with Crippen molar-refractivity contribution in [3.8, 4) is 0 Å². The molecule has 0 aliphatic rings. The molecule has 2 atom stereocenters. The first-order chi connectivity index (χ1) is 7.20. The molecule has 2 aromatic rings. The minimum Gasteiger partial charge on any atom is -0.327 e. The van der Waals surface area contributed by atoms with Crippen LogP contribution >= 0.6 is 0 Å². The number of pyridine rings is 1. The summed E-state index contributed by atoms with van der Waals surface area (Å²) in [5, 5.41) is 2.44. The Morgan fingerprint density at radius 3 is 2.73 bits per heavy atom. The van der Waals surface area contributed by atoms with Crippen LogP contribution in [0.4, 0.5) is 0 Å². The highest BCUT2D eigenvalue weighted by Gasteiger charge is 2.12. The molecule has 1 aromatic heterocycles. The summed E-state index contributed by atoms with van der Waals surface area (Å²) < 4.78 is 0. The lowest BCUT2D eigenvalue weighted by Crippen LogP contribution is -2.22. The summed E-state index contributed by atoms with van der Waals surface area (Å²) in [6.45, 7) is 4.21. The number of rotatable bonds is 2. The normalized spacial score (nSPS) is 15.1. The zero-order valence-corrected chi connectivity index (χ0v) is 9.14. The van der Waals surface area contributed by atoms with E-state index in [1.54, 1.807) is 0 Å². The molecule has 15 heavy (non-hydrogen) atoms. The van der Waals surface area contributed by atoms with Crippen LogP contribution in [0, 0.1) is 0 Å². The highest BCUT2D eigenvalue weighted by molar-refractivity contribution is 5.85. The number of hydrogen-bond donors (Lipinski definition) is 1. The second kappa shape index (κ2) is 3.99. The summed E-state index contributed by atoms with van der Waals surface area (Å²) in [6.07, 6.45) is 3.73. The van der Waals surface area contributed by atoms with E-state index >= 15 is 0 Å². The van der Waals surface area contributed by atoms with Gasteiger partial charge in [-0.25, -0.2) is 0 Å². The Morgan fingerprint density at radius 1 is 1.20 bits per heavy atom. The quantitative estimate of drug-likeness (QED) is 0.809. The average Bonchev–Trinajstić information content (AvgIpc) is 2.27. The van der Waals surface area contributed by atoms with Gasteiger partial charge in [-0.1, -0.05) is 25.1 Å². The summed E-state index contributed by atoms with van der Waals surface area (Å²) >= 11 is 0. The fourth-order valence-corrected chi connectivity index (χ4v) is 1.83. The van der Waals surface area contributed by atoms with Gasteiger partial charge >= 0.3 is 0 Å². The largest absolute Gasteiger partial charge is 0.327 e. The molecule has 0 fully saturated rings. The van der Waals surface area contributed by atoms with Crippen molar-refractivity contribution >= 4 is 10.8 Å². The van der Waals surface area contributed by atoms with Gasteiger partial charge in [0.2, 0.25) is 0 Å². The van der Waals surface area contributed by atoms with Crippen molar-refractivity contribution in [1.29, 1.82) is 0 Å². The van der Waals surface area contributed by atoms with E-state index in [4.69, 9.17) is 5.73 Å². The zero-order chi connectivity index (χ0) is 10.8. The van der Waals surface area contributed by atoms with Gasteiger partial charge in [-0.2, -0.15) is 0 Å². The third kappa shape index (κ3) is 1.85. The van der Waals surface area contributed by atoms with Gasteiger partial charge in [0.25, 0.3) is 0 Å². The number of benzene rings is 1. The Hall–Kier alpha value is -1.41. The molecule has 0 saturated carbocycles. The maximum Gasteiger partial charge on any atom is 0.0346 e. The van der Waals surface area contributed by atoms with Gasteiger partial charge in [-0.05, 0) is 29.9 Å². The smallest absolute Gasteiger partial charge is 0.0346 e. The highest BCUT2D eigenvalue weighted by Crippen LogP contribution is 2.26. The molecule has 78 valence electrons. The van der Waals surface area contributed by atoms with Crippen molar-refractivity contribution in [2.24, 2.45) is 5.73 Å². The maximum atomic E-state index is 5.94. The van der Waals surface area contributed by atoms with Crippen LogP contribution in [0.1, 0.15) is 25.3 Å². The van der Waals surface area contributed by atoms with E-state index in [0.29, 0.717) is 5.92 Å². The van der Waals surface area contributed by atoms with E-state index in [0.717, 1.165) is 0 Å². The summed E-state index contributed by atoms with van der Waals surface area (Å²) in [7, 11) is 0. The molecule has 0 spiro atoms. The van der Waals surface area contributed by atoms with E-state index in [1.807, 2.05) is 19.3 Å².